The van der Waals surface area contributed by atoms with Crippen LogP contribution in [0.4, 0.5) is 10.2 Å². The first-order chi connectivity index (χ1) is 22.7. The third-order valence-electron chi connectivity index (χ3n) is 8.13. The Bertz CT molecular complexity index is 1660. The van der Waals surface area contributed by atoms with Crippen molar-refractivity contribution in [3.05, 3.63) is 41.2 Å². The molecule has 0 bridgehead atoms. The number of esters is 2. The molecule has 2 atom stereocenters. The molecule has 1 unspecified atom stereocenters. The monoisotopic (exact) mass is 667 g/mol. The first-order valence-electron chi connectivity index (χ1n) is 16.0. The number of aromatic nitrogens is 4. The number of hydrogen-bond acceptors (Lipinski definition) is 10. The highest BCUT2D eigenvalue weighted by molar-refractivity contribution is 5.96. The van der Waals surface area contributed by atoms with Gasteiger partial charge in [0.2, 0.25) is 5.91 Å². The van der Waals surface area contributed by atoms with E-state index in [1.807, 2.05) is 33.8 Å². The molecule has 1 aromatic carbocycles. The highest BCUT2D eigenvalue weighted by atomic mass is 19.1. The van der Waals surface area contributed by atoms with Crippen molar-refractivity contribution >= 4 is 34.8 Å². The van der Waals surface area contributed by atoms with Crippen LogP contribution in [0.5, 0.6) is 5.75 Å². The van der Waals surface area contributed by atoms with Gasteiger partial charge in [-0.3, -0.25) is 14.4 Å². The highest BCUT2D eigenvalue weighted by Crippen LogP contribution is 2.38. The summed E-state index contributed by atoms with van der Waals surface area (Å²) in [7, 11) is 1.27. The van der Waals surface area contributed by atoms with E-state index in [1.54, 1.807) is 6.07 Å². The number of unbranched alkanes of at least 4 members (excludes halogenated alkanes) is 4. The zero-order valence-electron chi connectivity index (χ0n) is 28.8. The number of rotatable bonds is 17. The molecule has 3 aromatic rings. The molecule has 13 heteroatoms. The number of carbonyl (C=O) groups excluding carboxylic acids is 3. The lowest BCUT2D eigenvalue weighted by molar-refractivity contribution is -0.158. The van der Waals surface area contributed by atoms with Crippen molar-refractivity contribution in [1.29, 1.82) is 0 Å². The average molecular weight is 668 g/mol. The van der Waals surface area contributed by atoms with Gasteiger partial charge in [0.05, 0.1) is 19.3 Å². The molecule has 2 N–H and O–H groups in total. The summed E-state index contributed by atoms with van der Waals surface area (Å²) in [4.78, 5) is 49.2. The van der Waals surface area contributed by atoms with E-state index in [0.29, 0.717) is 17.7 Å². The van der Waals surface area contributed by atoms with Crippen LogP contribution in [0.25, 0.3) is 11.2 Å². The van der Waals surface area contributed by atoms with Gasteiger partial charge < -0.3 is 29.2 Å². The van der Waals surface area contributed by atoms with Crippen LogP contribution in [0, 0.1) is 32.3 Å². The lowest BCUT2D eigenvalue weighted by Gasteiger charge is -2.32. The third kappa shape index (κ3) is 9.58. The lowest BCUT2D eigenvalue weighted by atomic mass is 9.78. The first-order valence-corrected chi connectivity index (χ1v) is 16.0. The summed E-state index contributed by atoms with van der Waals surface area (Å²) in [5.74, 6) is 1.23. The summed E-state index contributed by atoms with van der Waals surface area (Å²) in [5, 5.41) is 13.9. The molecule has 2 heterocycles. The van der Waals surface area contributed by atoms with Crippen LogP contribution in [-0.2, 0) is 35.8 Å². The first kappa shape index (κ1) is 38.0. The van der Waals surface area contributed by atoms with E-state index in [2.05, 4.69) is 33.1 Å². The molecule has 0 aliphatic carbocycles. The Morgan fingerprint density at radius 3 is 2.50 bits per heavy atom. The SMILES string of the molecule is C#CC(COC(=O)CC(C)(C)c1c(C)cc(C)cc1OC(C)=O)(OC)[C@@H](O)Cn1cnc2c(NC(=O)CCCCCCC)nc(F)nc21. The summed E-state index contributed by atoms with van der Waals surface area (Å²) in [6.45, 7) is 10.0. The van der Waals surface area contributed by atoms with Crippen molar-refractivity contribution in [3.8, 4) is 18.1 Å². The number of fused-ring (bicyclic) bond motifs is 1. The fourth-order valence-electron chi connectivity index (χ4n) is 5.76. The Morgan fingerprint density at radius 1 is 1.15 bits per heavy atom. The summed E-state index contributed by atoms with van der Waals surface area (Å²) in [5.41, 5.74) is -0.0536. The predicted octanol–water partition coefficient (Wildman–Crippen LogP) is 5.10. The zero-order valence-corrected chi connectivity index (χ0v) is 28.8. The Hall–Kier alpha value is -4.41. The largest absolute Gasteiger partial charge is 0.461 e. The number of ether oxygens (including phenoxy) is 3. The van der Waals surface area contributed by atoms with Crippen LogP contribution in [0.2, 0.25) is 0 Å². The smallest absolute Gasteiger partial charge is 0.312 e. The fraction of sp³-hybridized carbons (Fsp3) is 0.543. The number of benzene rings is 1. The Kier molecular flexibility index (Phi) is 13.2. The van der Waals surface area contributed by atoms with Gasteiger partial charge in [-0.2, -0.15) is 14.4 Å². The molecule has 0 radical (unpaired) electrons. The third-order valence-corrected chi connectivity index (χ3v) is 8.13. The Balaban J connectivity index is 1.74. The van der Waals surface area contributed by atoms with Gasteiger partial charge in [-0.15, -0.1) is 6.42 Å². The van der Waals surface area contributed by atoms with Crippen LogP contribution in [0.1, 0.15) is 89.3 Å². The van der Waals surface area contributed by atoms with Gasteiger partial charge in [0.25, 0.3) is 0 Å². The van der Waals surface area contributed by atoms with Crippen molar-refractivity contribution < 1.29 is 38.1 Å². The minimum atomic E-state index is -1.79. The Morgan fingerprint density at radius 2 is 1.85 bits per heavy atom. The van der Waals surface area contributed by atoms with Crippen LogP contribution < -0.4 is 10.1 Å². The van der Waals surface area contributed by atoms with E-state index in [4.69, 9.17) is 20.6 Å². The van der Waals surface area contributed by atoms with Crippen LogP contribution >= 0.6 is 0 Å². The van der Waals surface area contributed by atoms with Crippen molar-refractivity contribution in [1.82, 2.24) is 19.5 Å². The van der Waals surface area contributed by atoms with Crippen LogP contribution in [0.15, 0.2) is 18.5 Å². The number of carbonyl (C=O) groups is 3. The number of methoxy groups -OCH3 is 1. The number of amides is 1. The van der Waals surface area contributed by atoms with Gasteiger partial charge in [-0.05, 0) is 37.5 Å². The number of aryl methyl sites for hydroxylation is 2. The molecule has 12 nitrogen and oxygen atoms in total. The number of aliphatic hydroxyl groups is 1. The van der Waals surface area contributed by atoms with Gasteiger partial charge in [-0.1, -0.05) is 58.4 Å². The van der Waals surface area contributed by atoms with Crippen LogP contribution in [-0.4, -0.2) is 67.9 Å². The van der Waals surface area contributed by atoms with Crippen LogP contribution in [0.3, 0.4) is 0 Å². The molecule has 0 aliphatic rings. The number of hydrogen-bond donors (Lipinski definition) is 2. The lowest BCUT2D eigenvalue weighted by Crippen LogP contribution is -2.49. The topological polar surface area (TPSA) is 155 Å². The van der Waals surface area contributed by atoms with E-state index in [-0.39, 0.29) is 42.3 Å². The zero-order chi connectivity index (χ0) is 35.6. The molecule has 0 fully saturated rings. The number of nitrogens with zero attached hydrogens (tertiary/aromatic N) is 4. The van der Waals surface area contributed by atoms with Crippen molar-refractivity contribution in [2.45, 2.75) is 110 Å². The number of anilines is 1. The van der Waals surface area contributed by atoms with Gasteiger partial charge in [0.15, 0.2) is 22.6 Å². The average Bonchev–Trinajstić information content (AvgIpc) is 3.39. The molecule has 1 amide bonds. The molecule has 0 saturated carbocycles. The maximum atomic E-state index is 14.5. The second kappa shape index (κ2) is 16.6. The summed E-state index contributed by atoms with van der Waals surface area (Å²) in [6, 6.07) is 3.67. The standard InChI is InChI=1S/C35H46FN5O7/c1-9-11-12-13-14-15-27(44)38-31-30-32(40-33(36)39-31)41(21-37-30)19-26(43)35(10-2,46-8)20-47-28(45)18-34(6,7)29-23(4)16-22(3)17-25(29)48-24(5)42/h2,16-17,21,26,43H,9,11-15,18-20H2,1,3-8H3,(H,38,39,40,44)/t26-,35?/m0/s1. The van der Waals surface area contributed by atoms with Crippen molar-refractivity contribution in [3.63, 3.8) is 0 Å². The van der Waals surface area contributed by atoms with E-state index >= 15 is 0 Å². The molecule has 48 heavy (non-hydrogen) atoms. The second-order valence-electron chi connectivity index (χ2n) is 12.6. The molecular formula is C35H46FN5O7. The molecule has 0 aliphatic heterocycles. The van der Waals surface area contributed by atoms with Gasteiger partial charge in [-0.25, -0.2) is 4.98 Å². The number of halogens is 1. The van der Waals surface area contributed by atoms with Crippen molar-refractivity contribution in [2.75, 3.05) is 19.0 Å². The molecule has 2 aromatic heterocycles. The molecule has 3 rings (SSSR count). The quantitative estimate of drug-likeness (QED) is 0.0654. The van der Waals surface area contributed by atoms with Gasteiger partial charge >= 0.3 is 18.0 Å². The summed E-state index contributed by atoms with van der Waals surface area (Å²) < 4.78 is 32.4. The highest BCUT2D eigenvalue weighted by Gasteiger charge is 2.40. The summed E-state index contributed by atoms with van der Waals surface area (Å²) >= 11 is 0. The van der Waals surface area contributed by atoms with Crippen molar-refractivity contribution in [2.24, 2.45) is 0 Å². The number of terminal acetylenes is 1. The minimum absolute atomic E-state index is 0.0117. The van der Waals surface area contributed by atoms with Gasteiger partial charge in [0, 0.05) is 31.4 Å². The fourth-order valence-corrected chi connectivity index (χ4v) is 5.76. The molecule has 260 valence electrons. The molecular weight excluding hydrogens is 621 g/mol. The number of nitrogens with one attached hydrogen (secondary N) is 1. The Labute approximate surface area is 280 Å². The molecule has 0 spiro atoms. The normalized spacial score (nSPS) is 13.4. The van der Waals surface area contributed by atoms with E-state index < -0.39 is 41.7 Å². The second-order valence-corrected chi connectivity index (χ2v) is 12.6. The van der Waals surface area contributed by atoms with E-state index in [9.17, 15) is 23.9 Å². The molecule has 0 saturated heterocycles. The number of imidazole rings is 1. The predicted molar refractivity (Wildman–Crippen MR) is 178 cm³/mol. The maximum Gasteiger partial charge on any atom is 0.312 e. The number of aliphatic hydroxyl groups excluding tert-OH is 1. The van der Waals surface area contributed by atoms with Gasteiger partial charge in [0.1, 0.15) is 18.5 Å². The van der Waals surface area contributed by atoms with E-state index in [0.717, 1.165) is 36.8 Å². The maximum absolute atomic E-state index is 14.5. The van der Waals surface area contributed by atoms with E-state index in [1.165, 1.54) is 24.9 Å². The minimum Gasteiger partial charge on any atom is -0.461 e. The summed E-state index contributed by atoms with van der Waals surface area (Å²) in [6.07, 6.45) is 9.51.